The van der Waals surface area contributed by atoms with Gasteiger partial charge < -0.3 is 25.5 Å². The topological polar surface area (TPSA) is 117 Å². The van der Waals surface area contributed by atoms with Gasteiger partial charge in [-0.3, -0.25) is 4.79 Å². The molecular weight excluding hydrogens is 466 g/mol. The maximum Gasteiger partial charge on any atom is 0.241 e. The Kier molecular flexibility index (Phi) is 6.31. The maximum atomic E-state index is 12.7. The average Bonchev–Trinajstić information content (AvgIpc) is 3.47. The number of hydrogen-bond acceptors (Lipinski definition) is 8. The molecule has 9 heteroatoms. The lowest BCUT2D eigenvalue weighted by Crippen LogP contribution is -2.36. The second kappa shape index (κ2) is 9.47. The van der Waals surface area contributed by atoms with Crippen molar-refractivity contribution in [2.75, 3.05) is 55.9 Å². The molecule has 1 amide bonds. The molecule has 3 aromatic rings. The Bertz CT molecular complexity index is 1430. The van der Waals surface area contributed by atoms with Crippen LogP contribution in [0.2, 0.25) is 0 Å². The highest BCUT2D eigenvalue weighted by molar-refractivity contribution is 5.97. The quantitative estimate of drug-likeness (QED) is 0.475. The number of rotatable bonds is 6. The Labute approximate surface area is 216 Å². The van der Waals surface area contributed by atoms with E-state index in [1.807, 2.05) is 68.1 Å². The number of fused-ring (bicyclic) bond motifs is 2. The highest BCUT2D eigenvalue weighted by Crippen LogP contribution is 2.41. The van der Waals surface area contributed by atoms with E-state index in [9.17, 15) is 15.2 Å². The Morgan fingerprint density at radius 2 is 2.14 bits per heavy atom. The molecule has 2 aliphatic rings. The van der Waals surface area contributed by atoms with Crippen LogP contribution in [0.3, 0.4) is 0 Å². The summed E-state index contributed by atoms with van der Waals surface area (Å²) >= 11 is 0. The zero-order chi connectivity index (χ0) is 26.3. The standard InChI is InChI=1S/C28H31N7O2/c1-17-20-8-10-35(25(37)14-34(3)4)24(20)6-5-22(17)32-27-30-9-7-23(33-27)18-11-19(13-29)26-21(12-18)28(2,16-36)15-31-26/h5-7,9,11-12,31,36H,8,10,14-16H2,1-4H3,(H,30,32,33)/t28-/m1/s1. The number of aliphatic hydroxyl groups is 1. The molecule has 5 rings (SSSR count). The van der Waals surface area contributed by atoms with Gasteiger partial charge >= 0.3 is 0 Å². The van der Waals surface area contributed by atoms with E-state index in [1.165, 1.54) is 0 Å². The molecule has 9 nitrogen and oxygen atoms in total. The predicted molar refractivity (Wildman–Crippen MR) is 144 cm³/mol. The number of likely N-dealkylation sites (N-methyl/N-ethyl adjacent to an activating group) is 1. The fourth-order valence-electron chi connectivity index (χ4n) is 5.17. The number of amides is 1. The minimum Gasteiger partial charge on any atom is -0.395 e. The number of nitriles is 1. The van der Waals surface area contributed by atoms with Gasteiger partial charge in [-0.25, -0.2) is 9.97 Å². The van der Waals surface area contributed by atoms with Crippen LogP contribution in [0.4, 0.5) is 23.0 Å². The van der Waals surface area contributed by atoms with E-state index in [4.69, 9.17) is 4.98 Å². The van der Waals surface area contributed by atoms with Crippen LogP contribution in [-0.4, -0.2) is 66.2 Å². The third-order valence-electron chi connectivity index (χ3n) is 7.31. The number of hydrogen-bond donors (Lipinski definition) is 3. The molecule has 0 saturated heterocycles. The second-order valence-corrected chi connectivity index (χ2v) is 10.3. The van der Waals surface area contributed by atoms with Gasteiger partial charge in [0.1, 0.15) is 6.07 Å². The van der Waals surface area contributed by atoms with Crippen molar-refractivity contribution in [3.63, 3.8) is 0 Å². The van der Waals surface area contributed by atoms with E-state index in [0.29, 0.717) is 36.8 Å². The van der Waals surface area contributed by atoms with Crippen LogP contribution in [-0.2, 0) is 16.6 Å². The summed E-state index contributed by atoms with van der Waals surface area (Å²) in [6.45, 7) is 5.64. The van der Waals surface area contributed by atoms with E-state index in [0.717, 1.165) is 45.7 Å². The van der Waals surface area contributed by atoms with Crippen LogP contribution >= 0.6 is 0 Å². The van der Waals surface area contributed by atoms with Gasteiger partial charge in [0.2, 0.25) is 11.9 Å². The smallest absolute Gasteiger partial charge is 0.241 e. The van der Waals surface area contributed by atoms with Crippen LogP contribution in [0.25, 0.3) is 11.3 Å². The van der Waals surface area contributed by atoms with Gasteiger partial charge in [0.05, 0.1) is 30.1 Å². The third-order valence-corrected chi connectivity index (χ3v) is 7.31. The minimum atomic E-state index is -0.464. The first-order valence-electron chi connectivity index (χ1n) is 12.4. The van der Waals surface area contributed by atoms with Crippen molar-refractivity contribution in [2.24, 2.45) is 0 Å². The first-order chi connectivity index (χ1) is 17.7. The van der Waals surface area contributed by atoms with Gasteiger partial charge in [-0.1, -0.05) is 6.92 Å². The Hall–Kier alpha value is -4.00. The molecule has 0 spiro atoms. The summed E-state index contributed by atoms with van der Waals surface area (Å²) in [6, 6.07) is 11.9. The monoisotopic (exact) mass is 497 g/mol. The zero-order valence-corrected chi connectivity index (χ0v) is 21.6. The molecule has 2 aromatic carbocycles. The number of nitrogens with zero attached hydrogens (tertiary/aromatic N) is 5. The van der Waals surface area contributed by atoms with Crippen LogP contribution in [0.15, 0.2) is 36.5 Å². The molecule has 0 fully saturated rings. The molecule has 0 unspecified atom stereocenters. The van der Waals surface area contributed by atoms with Crippen molar-refractivity contribution >= 4 is 28.9 Å². The lowest BCUT2D eigenvalue weighted by molar-refractivity contribution is -0.119. The van der Waals surface area contributed by atoms with E-state index >= 15 is 0 Å². The summed E-state index contributed by atoms with van der Waals surface area (Å²) < 4.78 is 0. The number of aliphatic hydroxyl groups excluding tert-OH is 1. The summed E-state index contributed by atoms with van der Waals surface area (Å²) in [7, 11) is 3.79. The summed E-state index contributed by atoms with van der Waals surface area (Å²) in [4.78, 5) is 25.6. The minimum absolute atomic E-state index is 0.0202. The molecule has 37 heavy (non-hydrogen) atoms. The summed E-state index contributed by atoms with van der Waals surface area (Å²) in [5, 5.41) is 26.4. The number of nitrogens with one attached hydrogen (secondary N) is 2. The molecule has 0 aliphatic carbocycles. The first kappa shape index (κ1) is 24.7. The fourth-order valence-corrected chi connectivity index (χ4v) is 5.17. The molecular formula is C28H31N7O2. The fraction of sp³-hybridized carbons (Fsp3) is 0.357. The van der Waals surface area contributed by atoms with Crippen molar-refractivity contribution < 1.29 is 9.90 Å². The van der Waals surface area contributed by atoms with Crippen LogP contribution in [0, 0.1) is 18.3 Å². The summed E-state index contributed by atoms with van der Waals surface area (Å²) in [5.41, 5.74) is 7.32. The molecule has 0 radical (unpaired) electrons. The second-order valence-electron chi connectivity index (χ2n) is 10.3. The van der Waals surface area contributed by atoms with Gasteiger partial charge in [0.25, 0.3) is 0 Å². The molecule has 190 valence electrons. The van der Waals surface area contributed by atoms with Gasteiger partial charge in [-0.2, -0.15) is 5.26 Å². The Morgan fingerprint density at radius 1 is 1.32 bits per heavy atom. The molecule has 1 atom stereocenters. The van der Waals surface area contributed by atoms with Crippen molar-refractivity contribution in [3.8, 4) is 17.3 Å². The van der Waals surface area contributed by atoms with Crippen molar-refractivity contribution in [1.82, 2.24) is 14.9 Å². The van der Waals surface area contributed by atoms with Crippen molar-refractivity contribution in [3.05, 3.63) is 58.8 Å². The zero-order valence-electron chi connectivity index (χ0n) is 21.6. The maximum absolute atomic E-state index is 12.7. The SMILES string of the molecule is Cc1c(Nc2nccc(-c3cc(C#N)c4c(c3)[C@@](C)(CO)CN4)n2)ccc2c1CCN2C(=O)CN(C)C. The number of anilines is 4. The van der Waals surface area contributed by atoms with E-state index in [1.54, 1.807) is 6.20 Å². The van der Waals surface area contributed by atoms with Crippen molar-refractivity contribution in [1.29, 1.82) is 5.26 Å². The molecule has 3 N–H and O–H groups in total. The molecule has 0 saturated carbocycles. The van der Waals surface area contributed by atoms with Gasteiger partial charge in [0.15, 0.2) is 0 Å². The van der Waals surface area contributed by atoms with E-state index < -0.39 is 5.41 Å². The van der Waals surface area contributed by atoms with Crippen molar-refractivity contribution in [2.45, 2.75) is 25.7 Å². The van der Waals surface area contributed by atoms with Gasteiger partial charge in [-0.15, -0.1) is 0 Å². The lowest BCUT2D eigenvalue weighted by atomic mass is 9.83. The average molecular weight is 498 g/mol. The van der Waals surface area contributed by atoms with E-state index in [2.05, 4.69) is 21.7 Å². The number of aromatic nitrogens is 2. The van der Waals surface area contributed by atoms with E-state index in [-0.39, 0.29) is 12.5 Å². The molecule has 3 heterocycles. The number of carbonyl (C=O) groups excluding carboxylic acids is 1. The Morgan fingerprint density at radius 3 is 2.86 bits per heavy atom. The van der Waals surface area contributed by atoms with Crippen LogP contribution < -0.4 is 15.5 Å². The van der Waals surface area contributed by atoms with Gasteiger partial charge in [-0.05, 0) is 74.5 Å². The van der Waals surface area contributed by atoms with Crippen LogP contribution in [0.5, 0.6) is 0 Å². The summed E-state index contributed by atoms with van der Waals surface area (Å²) in [6.07, 6.45) is 2.50. The first-order valence-corrected chi connectivity index (χ1v) is 12.4. The highest BCUT2D eigenvalue weighted by atomic mass is 16.3. The predicted octanol–water partition coefficient (Wildman–Crippen LogP) is 3.19. The number of benzene rings is 2. The number of carbonyl (C=O) groups is 1. The Balaban J connectivity index is 1.44. The normalized spacial score (nSPS) is 17.8. The molecule has 0 bridgehead atoms. The van der Waals surface area contributed by atoms with Gasteiger partial charge in [0, 0.05) is 41.6 Å². The molecule has 1 aromatic heterocycles. The summed E-state index contributed by atoms with van der Waals surface area (Å²) in [5.74, 6) is 0.541. The third kappa shape index (κ3) is 4.39. The lowest BCUT2D eigenvalue weighted by Gasteiger charge is -2.21. The van der Waals surface area contributed by atoms with Crippen LogP contribution in [0.1, 0.15) is 29.2 Å². The largest absolute Gasteiger partial charge is 0.395 e. The molecule has 2 aliphatic heterocycles. The highest BCUT2D eigenvalue weighted by Gasteiger charge is 2.36.